The van der Waals surface area contributed by atoms with Gasteiger partial charge in [0.2, 0.25) is 0 Å². The molecule has 0 amide bonds. The van der Waals surface area contributed by atoms with E-state index in [1.54, 1.807) is 0 Å². The molecule has 4 heterocycles. The van der Waals surface area contributed by atoms with Crippen molar-refractivity contribution in [3.8, 4) is 22.5 Å². The monoisotopic (exact) mass is 730 g/mol. The minimum Gasteiger partial charge on any atom is -0.455 e. The van der Waals surface area contributed by atoms with Gasteiger partial charge in [0, 0.05) is 53.5 Å². The van der Waals surface area contributed by atoms with Crippen LogP contribution >= 0.6 is 11.3 Å². The van der Waals surface area contributed by atoms with Gasteiger partial charge in [-0.25, -0.2) is 0 Å². The van der Waals surface area contributed by atoms with Gasteiger partial charge < -0.3 is 13.6 Å². The van der Waals surface area contributed by atoms with Crippen molar-refractivity contribution >= 4 is 108 Å². The Bertz CT molecular complexity index is 3770. The first-order valence-electron chi connectivity index (χ1n) is 19.1. The Labute approximate surface area is 324 Å². The topological polar surface area (TPSA) is 23.0 Å². The number of benzene rings is 9. The SMILES string of the molecule is c1ccc(-n2c3ccccc3c3cc(-c4ccc5c(c4)c4c6ccccc6ccc4n5-c4cc5c6ccccc6oc5c5c4sc4ccccc45)ccc32)cc1. The van der Waals surface area contributed by atoms with Gasteiger partial charge in [-0.15, -0.1) is 11.3 Å². The van der Waals surface area contributed by atoms with Gasteiger partial charge in [-0.3, -0.25) is 0 Å². The van der Waals surface area contributed by atoms with Crippen molar-refractivity contribution in [3.63, 3.8) is 0 Å². The predicted molar refractivity (Wildman–Crippen MR) is 238 cm³/mol. The van der Waals surface area contributed by atoms with Gasteiger partial charge in [0.05, 0.1) is 32.5 Å². The Morgan fingerprint density at radius 1 is 0.393 bits per heavy atom. The smallest absolute Gasteiger partial charge is 0.144 e. The fourth-order valence-corrected chi connectivity index (χ4v) is 10.7. The minimum absolute atomic E-state index is 0.915. The molecule has 0 fully saturated rings. The summed E-state index contributed by atoms with van der Waals surface area (Å²) in [5, 5.41) is 12.2. The standard InChI is InChI=1S/C52H30N2OS/c1-2-13-34(14-3-1)53-42-19-9-6-16-36(42)39-28-32(23-25-43(39)53)33-24-26-44-41(29-33)49-35-15-5-4-12-31(35)22-27-45(49)54(44)46-30-40-37-17-7-10-20-47(37)55-51(40)50-38-18-8-11-21-48(38)56-52(46)50/h1-30H. The Morgan fingerprint density at radius 3 is 1.89 bits per heavy atom. The van der Waals surface area contributed by atoms with Crippen molar-refractivity contribution in [1.29, 1.82) is 0 Å². The molecule has 0 N–H and O–H groups in total. The summed E-state index contributed by atoms with van der Waals surface area (Å²) in [6.07, 6.45) is 0. The Kier molecular flexibility index (Phi) is 6.04. The zero-order chi connectivity index (χ0) is 36.5. The number of para-hydroxylation sites is 3. The molecule has 0 radical (unpaired) electrons. The molecular weight excluding hydrogens is 701 g/mol. The molecular formula is C52H30N2OS. The molecule has 0 aliphatic rings. The van der Waals surface area contributed by atoms with Crippen molar-refractivity contribution in [1.82, 2.24) is 9.13 Å². The highest BCUT2D eigenvalue weighted by Crippen LogP contribution is 2.48. The highest BCUT2D eigenvalue weighted by molar-refractivity contribution is 7.26. The molecule has 0 unspecified atom stereocenters. The number of aromatic nitrogens is 2. The maximum absolute atomic E-state index is 6.68. The molecule has 4 aromatic heterocycles. The molecule has 9 aromatic carbocycles. The molecule has 0 saturated carbocycles. The van der Waals surface area contributed by atoms with Gasteiger partial charge in [-0.05, 0) is 88.6 Å². The number of nitrogens with zero attached hydrogens (tertiary/aromatic N) is 2. The van der Waals surface area contributed by atoms with E-state index in [-0.39, 0.29) is 0 Å². The van der Waals surface area contributed by atoms with Crippen LogP contribution in [0.5, 0.6) is 0 Å². The quantitative estimate of drug-likeness (QED) is 0.177. The second-order valence-electron chi connectivity index (χ2n) is 14.8. The molecule has 3 nitrogen and oxygen atoms in total. The second kappa shape index (κ2) is 11.2. The lowest BCUT2D eigenvalue weighted by Gasteiger charge is -2.11. The summed E-state index contributed by atoms with van der Waals surface area (Å²) in [7, 11) is 0. The van der Waals surface area contributed by atoms with E-state index in [4.69, 9.17) is 4.42 Å². The largest absolute Gasteiger partial charge is 0.455 e. The number of thiophene rings is 1. The van der Waals surface area contributed by atoms with Crippen molar-refractivity contribution in [2.24, 2.45) is 0 Å². The summed E-state index contributed by atoms with van der Waals surface area (Å²) in [5.41, 5.74) is 11.4. The van der Waals surface area contributed by atoms with Gasteiger partial charge >= 0.3 is 0 Å². The van der Waals surface area contributed by atoms with E-state index in [0.717, 1.165) is 21.9 Å². The van der Waals surface area contributed by atoms with Crippen LogP contribution in [0, 0.1) is 0 Å². The van der Waals surface area contributed by atoms with Crippen LogP contribution in [0.25, 0.3) is 119 Å². The predicted octanol–water partition coefficient (Wildman–Crippen LogP) is 15.0. The summed E-state index contributed by atoms with van der Waals surface area (Å²) in [5.74, 6) is 0. The normalized spacial score (nSPS) is 12.3. The van der Waals surface area contributed by atoms with Crippen molar-refractivity contribution < 1.29 is 4.42 Å². The molecule has 13 rings (SSSR count). The Balaban J connectivity index is 1.12. The number of furan rings is 1. The molecule has 0 bridgehead atoms. The van der Waals surface area contributed by atoms with Crippen LogP contribution in [-0.2, 0) is 0 Å². The lowest BCUT2D eigenvalue weighted by Crippen LogP contribution is -1.94. The molecule has 0 aliphatic carbocycles. The van der Waals surface area contributed by atoms with E-state index in [1.165, 1.54) is 97.1 Å². The summed E-state index contributed by atoms with van der Waals surface area (Å²) in [6, 6.07) is 66.4. The van der Waals surface area contributed by atoms with Gasteiger partial charge in [-0.2, -0.15) is 0 Å². The highest BCUT2D eigenvalue weighted by Gasteiger charge is 2.23. The van der Waals surface area contributed by atoms with Gasteiger partial charge in [0.15, 0.2) is 0 Å². The first kappa shape index (κ1) is 30.2. The average molecular weight is 731 g/mol. The average Bonchev–Trinajstić information content (AvgIpc) is 4.01. The van der Waals surface area contributed by atoms with E-state index < -0.39 is 0 Å². The van der Waals surface area contributed by atoms with Crippen LogP contribution in [0.2, 0.25) is 0 Å². The number of fused-ring (bicyclic) bond motifs is 15. The Morgan fingerprint density at radius 2 is 1.04 bits per heavy atom. The third-order valence-corrected chi connectivity index (χ3v) is 13.1. The zero-order valence-corrected chi connectivity index (χ0v) is 30.8. The fraction of sp³-hybridized carbons (Fsp3) is 0. The number of hydrogen-bond donors (Lipinski definition) is 0. The van der Waals surface area contributed by atoms with E-state index in [9.17, 15) is 0 Å². The third kappa shape index (κ3) is 4.06. The van der Waals surface area contributed by atoms with Crippen LogP contribution in [0.1, 0.15) is 0 Å². The van der Waals surface area contributed by atoms with E-state index in [0.29, 0.717) is 0 Å². The van der Waals surface area contributed by atoms with Gasteiger partial charge in [0.1, 0.15) is 11.2 Å². The summed E-state index contributed by atoms with van der Waals surface area (Å²) < 4.78 is 14.1. The van der Waals surface area contributed by atoms with Crippen molar-refractivity contribution in [2.45, 2.75) is 0 Å². The van der Waals surface area contributed by atoms with E-state index in [2.05, 4.69) is 191 Å². The van der Waals surface area contributed by atoms with Crippen LogP contribution in [-0.4, -0.2) is 9.13 Å². The first-order valence-corrected chi connectivity index (χ1v) is 19.9. The molecule has 0 saturated heterocycles. The van der Waals surface area contributed by atoms with Crippen LogP contribution in [0.4, 0.5) is 0 Å². The zero-order valence-electron chi connectivity index (χ0n) is 30.0. The lowest BCUT2D eigenvalue weighted by molar-refractivity contribution is 0.673. The van der Waals surface area contributed by atoms with Crippen LogP contribution in [0.3, 0.4) is 0 Å². The second-order valence-corrected chi connectivity index (χ2v) is 15.9. The maximum Gasteiger partial charge on any atom is 0.144 e. The summed E-state index contributed by atoms with van der Waals surface area (Å²) in [4.78, 5) is 0. The fourth-order valence-electron chi connectivity index (χ4n) is 9.45. The van der Waals surface area contributed by atoms with Gasteiger partial charge in [0.25, 0.3) is 0 Å². The summed E-state index contributed by atoms with van der Waals surface area (Å²) >= 11 is 1.85. The minimum atomic E-state index is 0.915. The molecule has 260 valence electrons. The molecule has 0 atom stereocenters. The van der Waals surface area contributed by atoms with Crippen LogP contribution < -0.4 is 0 Å². The molecule has 4 heteroatoms. The first-order chi connectivity index (χ1) is 27.8. The molecule has 56 heavy (non-hydrogen) atoms. The molecule has 0 spiro atoms. The number of rotatable bonds is 3. The Hall–Kier alpha value is -7.14. The molecule has 0 aliphatic heterocycles. The maximum atomic E-state index is 6.68. The van der Waals surface area contributed by atoms with E-state index in [1.807, 2.05) is 11.3 Å². The third-order valence-electron chi connectivity index (χ3n) is 11.9. The summed E-state index contributed by atoms with van der Waals surface area (Å²) in [6.45, 7) is 0. The highest BCUT2D eigenvalue weighted by atomic mass is 32.1. The molecule has 13 aromatic rings. The van der Waals surface area contributed by atoms with Crippen LogP contribution in [0.15, 0.2) is 186 Å². The van der Waals surface area contributed by atoms with E-state index >= 15 is 0 Å². The van der Waals surface area contributed by atoms with Crippen molar-refractivity contribution in [2.75, 3.05) is 0 Å². The van der Waals surface area contributed by atoms with Crippen molar-refractivity contribution in [3.05, 3.63) is 182 Å². The number of hydrogen-bond acceptors (Lipinski definition) is 2. The van der Waals surface area contributed by atoms with Gasteiger partial charge in [-0.1, -0.05) is 115 Å². The lowest BCUT2D eigenvalue weighted by atomic mass is 9.99.